The highest BCUT2D eigenvalue weighted by molar-refractivity contribution is 5.98. The van der Waals surface area contributed by atoms with Gasteiger partial charge in [-0.05, 0) is 54.2 Å². The molecule has 1 fully saturated rings. The lowest BCUT2D eigenvalue weighted by Crippen LogP contribution is -2.38. The van der Waals surface area contributed by atoms with Crippen LogP contribution in [0.15, 0.2) is 42.7 Å². The number of nitriles is 1. The van der Waals surface area contributed by atoms with Crippen LogP contribution >= 0.6 is 0 Å². The van der Waals surface area contributed by atoms with Crippen molar-refractivity contribution < 1.29 is 9.59 Å². The molecule has 0 radical (unpaired) electrons. The number of fused-ring (bicyclic) bond motifs is 1. The quantitative estimate of drug-likeness (QED) is 0.664. The molecule has 1 aliphatic carbocycles. The van der Waals surface area contributed by atoms with Crippen LogP contribution in [0, 0.1) is 23.2 Å². The Morgan fingerprint density at radius 3 is 2.88 bits per heavy atom. The third-order valence-electron chi connectivity index (χ3n) is 6.00. The summed E-state index contributed by atoms with van der Waals surface area (Å²) in [7, 11) is 0. The monoisotopic (exact) mass is 426 g/mol. The number of hydrogen-bond donors (Lipinski definition) is 2. The summed E-state index contributed by atoms with van der Waals surface area (Å²) in [6.45, 7) is 3.09. The van der Waals surface area contributed by atoms with Crippen LogP contribution in [0.4, 0.5) is 5.82 Å². The van der Waals surface area contributed by atoms with Crippen molar-refractivity contribution in [3.63, 3.8) is 0 Å². The number of carbonyl (C=O) groups is 2. The highest BCUT2D eigenvalue weighted by atomic mass is 16.2. The van der Waals surface area contributed by atoms with Gasteiger partial charge in [0.05, 0.1) is 0 Å². The van der Waals surface area contributed by atoms with Gasteiger partial charge in [0, 0.05) is 42.4 Å². The van der Waals surface area contributed by atoms with Crippen LogP contribution < -0.4 is 5.32 Å². The number of hydrogen-bond acceptors (Lipinski definition) is 5. The summed E-state index contributed by atoms with van der Waals surface area (Å²) in [6, 6.07) is 9.04. The van der Waals surface area contributed by atoms with E-state index in [-0.39, 0.29) is 29.3 Å². The van der Waals surface area contributed by atoms with E-state index in [9.17, 15) is 9.59 Å². The summed E-state index contributed by atoms with van der Waals surface area (Å²) >= 11 is 0. The first kappa shape index (κ1) is 19.9. The second-order valence-corrected chi connectivity index (χ2v) is 8.37. The van der Waals surface area contributed by atoms with E-state index in [4.69, 9.17) is 5.26 Å². The first-order chi connectivity index (χ1) is 15.5. The minimum Gasteiger partial charge on any atom is -0.346 e. The lowest BCUT2D eigenvalue weighted by atomic mass is 9.89. The van der Waals surface area contributed by atoms with Crippen molar-refractivity contribution in [2.75, 3.05) is 18.4 Å². The number of aromatic nitrogens is 3. The van der Waals surface area contributed by atoms with Gasteiger partial charge in [-0.3, -0.25) is 9.59 Å². The molecule has 4 heterocycles. The van der Waals surface area contributed by atoms with E-state index in [1.807, 2.05) is 24.4 Å². The van der Waals surface area contributed by atoms with Crippen LogP contribution in [0.2, 0.25) is 0 Å². The Hall–Kier alpha value is -3.99. The Balaban J connectivity index is 1.43. The van der Waals surface area contributed by atoms with Gasteiger partial charge in [-0.2, -0.15) is 5.26 Å². The standard InChI is InChI=1S/C24H22N6O2/c1-14-13-30(24(32)16-4-7-26-17(10-16)12-25)9-6-18(14)20-11-21(29-23(31)15-2-3-15)28-22-19(20)5-8-27-22/h4-8,10-11,14-15H,2-3,9,13H2,1H3,(H2,27,28,29,31). The first-order valence-corrected chi connectivity index (χ1v) is 10.7. The molecule has 1 unspecified atom stereocenters. The Bertz CT molecular complexity index is 1300. The Labute approximate surface area is 185 Å². The number of aromatic amines is 1. The predicted octanol–water partition coefficient (Wildman–Crippen LogP) is 3.35. The summed E-state index contributed by atoms with van der Waals surface area (Å²) < 4.78 is 0. The normalized spacial score (nSPS) is 18.2. The van der Waals surface area contributed by atoms with E-state index < -0.39 is 0 Å². The van der Waals surface area contributed by atoms with Crippen molar-refractivity contribution in [3.05, 3.63) is 59.6 Å². The van der Waals surface area contributed by atoms with Gasteiger partial charge in [0.15, 0.2) is 0 Å². The van der Waals surface area contributed by atoms with Gasteiger partial charge < -0.3 is 15.2 Å². The van der Waals surface area contributed by atoms with Crippen LogP contribution in [-0.4, -0.2) is 44.8 Å². The van der Waals surface area contributed by atoms with Crippen molar-refractivity contribution in [2.45, 2.75) is 19.8 Å². The molecule has 2 N–H and O–H groups in total. The number of anilines is 1. The Morgan fingerprint density at radius 1 is 1.28 bits per heavy atom. The molecule has 8 heteroatoms. The fourth-order valence-corrected chi connectivity index (χ4v) is 4.18. The lowest BCUT2D eigenvalue weighted by Gasteiger charge is -2.32. The maximum absolute atomic E-state index is 13.0. The van der Waals surface area contributed by atoms with Gasteiger partial charge in [-0.15, -0.1) is 0 Å². The van der Waals surface area contributed by atoms with Crippen molar-refractivity contribution in [1.29, 1.82) is 5.26 Å². The van der Waals surface area contributed by atoms with Crippen LogP contribution in [0.1, 0.15) is 41.4 Å². The molecule has 0 saturated heterocycles. The molecule has 0 aromatic carbocycles. The van der Waals surface area contributed by atoms with Gasteiger partial charge in [-0.25, -0.2) is 9.97 Å². The average molecular weight is 426 g/mol. The maximum atomic E-state index is 13.0. The SMILES string of the molecule is CC1CN(C(=O)c2ccnc(C#N)c2)CC=C1c1cc(NC(=O)C2CC2)nc2[nH]ccc12. The fourth-order valence-electron chi connectivity index (χ4n) is 4.18. The average Bonchev–Trinajstić information content (AvgIpc) is 3.56. The van der Waals surface area contributed by atoms with Crippen LogP contribution in [0.3, 0.4) is 0 Å². The number of carbonyl (C=O) groups excluding carboxylic acids is 2. The van der Waals surface area contributed by atoms with Crippen LogP contribution in [0.5, 0.6) is 0 Å². The van der Waals surface area contributed by atoms with Gasteiger partial charge in [0.25, 0.3) is 5.91 Å². The van der Waals surface area contributed by atoms with Crippen molar-refractivity contribution in [2.24, 2.45) is 11.8 Å². The molecule has 1 aliphatic heterocycles. The molecule has 2 amide bonds. The topological polar surface area (TPSA) is 115 Å². The molecule has 8 nitrogen and oxygen atoms in total. The van der Waals surface area contributed by atoms with E-state index >= 15 is 0 Å². The molecule has 3 aromatic rings. The second-order valence-electron chi connectivity index (χ2n) is 8.37. The summed E-state index contributed by atoms with van der Waals surface area (Å²) in [5.74, 6) is 0.620. The molecule has 32 heavy (non-hydrogen) atoms. The van der Waals surface area contributed by atoms with E-state index in [1.165, 1.54) is 12.3 Å². The van der Waals surface area contributed by atoms with Gasteiger partial charge >= 0.3 is 0 Å². The number of nitrogens with one attached hydrogen (secondary N) is 2. The fraction of sp³-hybridized carbons (Fsp3) is 0.292. The molecule has 1 saturated carbocycles. The highest BCUT2D eigenvalue weighted by Gasteiger charge is 2.30. The third-order valence-corrected chi connectivity index (χ3v) is 6.00. The first-order valence-electron chi connectivity index (χ1n) is 10.7. The number of rotatable bonds is 4. The zero-order valence-electron chi connectivity index (χ0n) is 17.6. The van der Waals surface area contributed by atoms with Crippen LogP contribution in [-0.2, 0) is 4.79 Å². The van der Waals surface area contributed by atoms with Gasteiger partial charge in [0.2, 0.25) is 5.91 Å². The van der Waals surface area contributed by atoms with E-state index in [0.29, 0.717) is 24.5 Å². The highest BCUT2D eigenvalue weighted by Crippen LogP contribution is 2.35. The smallest absolute Gasteiger partial charge is 0.254 e. The Kier molecular flexibility index (Phi) is 4.94. The molecule has 0 spiro atoms. The van der Waals surface area contributed by atoms with Crippen LogP contribution in [0.25, 0.3) is 16.6 Å². The summed E-state index contributed by atoms with van der Waals surface area (Å²) in [4.78, 5) is 38.6. The van der Waals surface area contributed by atoms with Crippen molar-refractivity contribution in [1.82, 2.24) is 19.9 Å². The minimum absolute atomic E-state index is 0.0193. The lowest BCUT2D eigenvalue weighted by molar-refractivity contribution is -0.117. The molecule has 1 atom stereocenters. The molecule has 2 aliphatic rings. The number of pyridine rings is 2. The van der Waals surface area contributed by atoms with E-state index in [1.54, 1.807) is 11.0 Å². The van der Waals surface area contributed by atoms with E-state index in [0.717, 1.165) is 35.0 Å². The Morgan fingerprint density at radius 2 is 2.12 bits per heavy atom. The molecular weight excluding hydrogens is 404 g/mol. The second kappa shape index (κ2) is 7.93. The largest absolute Gasteiger partial charge is 0.346 e. The summed E-state index contributed by atoms with van der Waals surface area (Å²) in [5.41, 5.74) is 3.54. The number of amides is 2. The number of H-pyrrole nitrogens is 1. The van der Waals surface area contributed by atoms with E-state index in [2.05, 4.69) is 33.3 Å². The predicted molar refractivity (Wildman–Crippen MR) is 119 cm³/mol. The minimum atomic E-state index is -0.120. The molecular formula is C24H22N6O2. The zero-order chi connectivity index (χ0) is 22.2. The molecule has 0 bridgehead atoms. The molecule has 160 valence electrons. The summed E-state index contributed by atoms with van der Waals surface area (Å²) in [6.07, 6.45) is 7.25. The van der Waals surface area contributed by atoms with Crippen molar-refractivity contribution >= 4 is 34.2 Å². The molecule has 5 rings (SSSR count). The third kappa shape index (κ3) is 3.73. The molecule has 3 aromatic heterocycles. The maximum Gasteiger partial charge on any atom is 0.254 e. The summed E-state index contributed by atoms with van der Waals surface area (Å²) in [5, 5.41) is 13.0. The van der Waals surface area contributed by atoms with Crippen molar-refractivity contribution in [3.8, 4) is 6.07 Å². The number of nitrogens with zero attached hydrogens (tertiary/aromatic N) is 4. The van der Waals surface area contributed by atoms with Gasteiger partial charge in [0.1, 0.15) is 23.2 Å². The van der Waals surface area contributed by atoms with Gasteiger partial charge in [-0.1, -0.05) is 13.0 Å². The zero-order valence-corrected chi connectivity index (χ0v) is 17.6.